The van der Waals surface area contributed by atoms with Crippen molar-refractivity contribution in [2.24, 2.45) is 0 Å². The number of anilines is 2. The van der Waals surface area contributed by atoms with E-state index in [0.29, 0.717) is 11.5 Å². The molecule has 0 bridgehead atoms. The first-order valence-corrected chi connectivity index (χ1v) is 10.5. The number of aromatic amines is 1. The van der Waals surface area contributed by atoms with Crippen molar-refractivity contribution in [1.29, 1.82) is 5.26 Å². The summed E-state index contributed by atoms with van der Waals surface area (Å²) in [5.74, 6) is 0.663. The Morgan fingerprint density at radius 1 is 1.06 bits per heavy atom. The van der Waals surface area contributed by atoms with Gasteiger partial charge < -0.3 is 10.3 Å². The summed E-state index contributed by atoms with van der Waals surface area (Å²) in [4.78, 5) is 19.1. The van der Waals surface area contributed by atoms with E-state index in [4.69, 9.17) is 10.2 Å². The van der Waals surface area contributed by atoms with Gasteiger partial charge in [-0.1, -0.05) is 12.5 Å². The molecule has 3 aromatic heterocycles. The van der Waals surface area contributed by atoms with E-state index in [2.05, 4.69) is 49.4 Å². The molecule has 1 aliphatic rings. The van der Waals surface area contributed by atoms with E-state index in [1.165, 1.54) is 29.3 Å². The fourth-order valence-electron chi connectivity index (χ4n) is 4.21. The van der Waals surface area contributed by atoms with Crippen molar-refractivity contribution in [2.45, 2.75) is 31.8 Å². The van der Waals surface area contributed by atoms with Gasteiger partial charge in [0.15, 0.2) is 0 Å². The molecule has 2 N–H and O–H groups in total. The molecule has 1 fully saturated rings. The van der Waals surface area contributed by atoms with Crippen LogP contribution in [0.25, 0.3) is 10.9 Å². The lowest BCUT2D eigenvalue weighted by Crippen LogP contribution is -2.33. The molecule has 1 aliphatic heterocycles. The summed E-state index contributed by atoms with van der Waals surface area (Å²) in [6, 6.07) is 14.5. The summed E-state index contributed by atoms with van der Waals surface area (Å²) in [5.41, 5.74) is 4.66. The number of H-pyrrole nitrogens is 1. The summed E-state index contributed by atoms with van der Waals surface area (Å²) in [6.45, 7) is 1.97. The van der Waals surface area contributed by atoms with E-state index in [0.717, 1.165) is 30.9 Å². The van der Waals surface area contributed by atoms with Gasteiger partial charge in [-0.25, -0.2) is 9.97 Å². The number of likely N-dealkylation sites (tertiary alicyclic amines) is 1. The van der Waals surface area contributed by atoms with Crippen molar-refractivity contribution in [3.63, 3.8) is 0 Å². The van der Waals surface area contributed by atoms with Gasteiger partial charge >= 0.3 is 0 Å². The molecular formula is C24H23N7. The molecule has 4 heterocycles. The Hall–Kier alpha value is -3.76. The van der Waals surface area contributed by atoms with Gasteiger partial charge in [0.1, 0.15) is 17.6 Å². The predicted molar refractivity (Wildman–Crippen MR) is 120 cm³/mol. The largest absolute Gasteiger partial charge is 0.361 e. The minimum Gasteiger partial charge on any atom is -0.361 e. The molecule has 7 heteroatoms. The van der Waals surface area contributed by atoms with Crippen molar-refractivity contribution in [3.8, 4) is 6.07 Å². The van der Waals surface area contributed by atoms with Crippen LogP contribution in [0.15, 0.2) is 61.2 Å². The quantitative estimate of drug-likeness (QED) is 0.496. The molecule has 0 saturated carbocycles. The van der Waals surface area contributed by atoms with Crippen LogP contribution in [0.2, 0.25) is 0 Å². The van der Waals surface area contributed by atoms with E-state index in [1.807, 2.05) is 24.5 Å². The van der Waals surface area contributed by atoms with Crippen molar-refractivity contribution >= 4 is 22.4 Å². The highest BCUT2D eigenvalue weighted by Gasteiger charge is 2.25. The van der Waals surface area contributed by atoms with Crippen molar-refractivity contribution in [3.05, 3.63) is 78.1 Å². The Labute approximate surface area is 180 Å². The zero-order valence-electron chi connectivity index (χ0n) is 17.1. The van der Waals surface area contributed by atoms with Crippen LogP contribution in [0.4, 0.5) is 11.5 Å². The van der Waals surface area contributed by atoms with Crippen molar-refractivity contribution < 1.29 is 0 Å². The maximum atomic E-state index is 8.86. The average Bonchev–Trinajstić information content (AvgIpc) is 3.29. The Balaban J connectivity index is 1.30. The van der Waals surface area contributed by atoms with Crippen LogP contribution >= 0.6 is 0 Å². The third-order valence-electron chi connectivity index (χ3n) is 5.78. The van der Waals surface area contributed by atoms with Crippen LogP contribution in [-0.4, -0.2) is 31.4 Å². The van der Waals surface area contributed by atoms with Gasteiger partial charge in [0.2, 0.25) is 0 Å². The smallest absolute Gasteiger partial charge is 0.148 e. The molecule has 1 unspecified atom stereocenters. The van der Waals surface area contributed by atoms with Gasteiger partial charge in [0, 0.05) is 18.3 Å². The normalized spacial score (nSPS) is 16.8. The molecule has 4 aromatic rings. The lowest BCUT2D eigenvalue weighted by atomic mass is 9.98. The Bertz CT molecular complexity index is 1210. The first kappa shape index (κ1) is 19.2. The number of nitrogens with one attached hydrogen (secondary N) is 2. The maximum Gasteiger partial charge on any atom is 0.148 e. The second-order valence-electron chi connectivity index (χ2n) is 7.88. The molecule has 0 aliphatic carbocycles. The van der Waals surface area contributed by atoms with Crippen molar-refractivity contribution in [1.82, 2.24) is 24.8 Å². The molecule has 0 radical (unpaired) electrons. The number of piperidine rings is 1. The molecule has 5 rings (SSSR count). The molecule has 0 amide bonds. The number of fused-ring (bicyclic) bond motifs is 1. The van der Waals surface area contributed by atoms with Gasteiger partial charge in [0.25, 0.3) is 0 Å². The van der Waals surface area contributed by atoms with Crippen LogP contribution < -0.4 is 5.32 Å². The molecule has 31 heavy (non-hydrogen) atoms. The fraction of sp³-hybridized carbons (Fsp3) is 0.250. The van der Waals surface area contributed by atoms with Crippen LogP contribution in [0.5, 0.6) is 0 Å². The van der Waals surface area contributed by atoms with Gasteiger partial charge in [-0.05, 0) is 60.7 Å². The van der Waals surface area contributed by atoms with E-state index in [9.17, 15) is 0 Å². The first-order chi connectivity index (χ1) is 15.3. The number of aromatic nitrogens is 4. The van der Waals surface area contributed by atoms with Gasteiger partial charge in [0.05, 0.1) is 36.0 Å². The van der Waals surface area contributed by atoms with Gasteiger partial charge in [-0.3, -0.25) is 9.88 Å². The third kappa shape index (κ3) is 4.25. The summed E-state index contributed by atoms with van der Waals surface area (Å²) >= 11 is 0. The summed E-state index contributed by atoms with van der Waals surface area (Å²) < 4.78 is 0. The van der Waals surface area contributed by atoms with Crippen LogP contribution in [0, 0.1) is 11.3 Å². The standard InChI is InChI=1S/C24H23N7/c25-12-19-5-6-20(13-27-19)30-24-15-28-22(14-29-24)23-3-1-2-10-31(23)16-17-4-7-21-18(11-17)8-9-26-21/h4-9,11,13-15,23,26H,1-3,10,16H2,(H,29,30). The average molecular weight is 409 g/mol. The molecule has 7 nitrogen and oxygen atoms in total. The lowest BCUT2D eigenvalue weighted by Gasteiger charge is -2.35. The first-order valence-electron chi connectivity index (χ1n) is 10.5. The second kappa shape index (κ2) is 8.54. The second-order valence-corrected chi connectivity index (χ2v) is 7.88. The molecule has 1 aromatic carbocycles. The minimum atomic E-state index is 0.272. The number of nitriles is 1. The van der Waals surface area contributed by atoms with Crippen LogP contribution in [0.3, 0.4) is 0 Å². The molecule has 1 atom stereocenters. The summed E-state index contributed by atoms with van der Waals surface area (Å²) in [6.07, 6.45) is 10.8. The molecular weight excluding hydrogens is 386 g/mol. The van der Waals surface area contributed by atoms with E-state index in [-0.39, 0.29) is 6.04 Å². The number of hydrogen-bond acceptors (Lipinski definition) is 6. The van der Waals surface area contributed by atoms with E-state index in [1.54, 1.807) is 18.5 Å². The zero-order chi connectivity index (χ0) is 21.0. The Morgan fingerprint density at radius 3 is 2.84 bits per heavy atom. The maximum absolute atomic E-state index is 8.86. The minimum absolute atomic E-state index is 0.272. The zero-order valence-corrected chi connectivity index (χ0v) is 17.1. The van der Waals surface area contributed by atoms with E-state index >= 15 is 0 Å². The SMILES string of the molecule is N#Cc1ccc(Nc2cnc(C3CCCCN3Cc3ccc4[nH]ccc4c3)cn2)cn1. The molecule has 154 valence electrons. The monoisotopic (exact) mass is 409 g/mol. The molecule has 0 spiro atoms. The number of nitrogens with zero attached hydrogens (tertiary/aromatic N) is 5. The summed E-state index contributed by atoms with van der Waals surface area (Å²) in [5, 5.41) is 13.3. The number of benzene rings is 1. The molecule has 1 saturated heterocycles. The fourth-order valence-corrected chi connectivity index (χ4v) is 4.21. The van der Waals surface area contributed by atoms with E-state index < -0.39 is 0 Å². The highest BCUT2D eigenvalue weighted by molar-refractivity contribution is 5.79. The van der Waals surface area contributed by atoms with Gasteiger partial charge in [-0.15, -0.1) is 0 Å². The van der Waals surface area contributed by atoms with Crippen LogP contribution in [-0.2, 0) is 6.54 Å². The predicted octanol–water partition coefficient (Wildman–Crippen LogP) is 4.70. The lowest BCUT2D eigenvalue weighted by molar-refractivity contribution is 0.137. The number of hydrogen-bond donors (Lipinski definition) is 2. The Morgan fingerprint density at radius 2 is 2.03 bits per heavy atom. The van der Waals surface area contributed by atoms with Crippen molar-refractivity contribution in [2.75, 3.05) is 11.9 Å². The highest BCUT2D eigenvalue weighted by atomic mass is 15.2. The topological polar surface area (TPSA) is 93.5 Å². The highest BCUT2D eigenvalue weighted by Crippen LogP contribution is 2.31. The summed E-state index contributed by atoms with van der Waals surface area (Å²) in [7, 11) is 0. The van der Waals surface area contributed by atoms with Gasteiger partial charge in [-0.2, -0.15) is 5.26 Å². The number of rotatable bonds is 5. The number of pyridine rings is 1. The third-order valence-corrected chi connectivity index (χ3v) is 5.78. The Kier molecular flexibility index (Phi) is 5.29. The van der Waals surface area contributed by atoms with Crippen LogP contribution in [0.1, 0.15) is 42.3 Å².